The minimum Gasteiger partial charge on any atom is -0.300 e. The molecule has 0 fully saturated rings. The maximum absolute atomic E-state index is 12.1. The van der Waals surface area contributed by atoms with Crippen molar-refractivity contribution in [2.45, 2.75) is 106 Å². The molecule has 3 nitrogen and oxygen atoms in total. The van der Waals surface area contributed by atoms with Crippen molar-refractivity contribution >= 4 is 5.78 Å². The number of benzene rings is 2. The summed E-state index contributed by atoms with van der Waals surface area (Å²) in [6, 6.07) is 13.5. The van der Waals surface area contributed by atoms with Crippen LogP contribution in [0.15, 0.2) is 42.7 Å². The Morgan fingerprint density at radius 2 is 1.20 bits per heavy atom. The monoisotopic (exact) mass is 473 g/mol. The van der Waals surface area contributed by atoms with Gasteiger partial charge >= 0.3 is 0 Å². The number of carbonyl (C=O) groups is 1. The summed E-state index contributed by atoms with van der Waals surface area (Å²) in [6.07, 6.45) is 3.58. The molecule has 0 aliphatic rings. The molecule has 0 radical (unpaired) electrons. The topological polar surface area (TPSA) is 25.9 Å². The van der Waals surface area contributed by atoms with Crippen LogP contribution in [0.2, 0.25) is 0 Å². The molecule has 188 valence electrons. The molecular formula is C32H45N2O+. The number of para-hydroxylation sites is 2. The Labute approximate surface area is 213 Å². The molecule has 0 bridgehead atoms. The van der Waals surface area contributed by atoms with Crippen molar-refractivity contribution in [3.8, 4) is 11.4 Å². The van der Waals surface area contributed by atoms with Gasteiger partial charge in [-0.25, -0.2) is 0 Å². The smallest absolute Gasteiger partial charge is 0.254 e. The predicted molar refractivity (Wildman–Crippen MR) is 147 cm³/mol. The summed E-state index contributed by atoms with van der Waals surface area (Å²) in [6.45, 7) is 22.1. The molecule has 0 saturated heterocycles. The molecule has 1 heterocycles. The molecule has 0 atom stereocenters. The highest BCUT2D eigenvalue weighted by Gasteiger charge is 2.30. The first-order chi connectivity index (χ1) is 16.5. The van der Waals surface area contributed by atoms with Gasteiger partial charge < -0.3 is 4.79 Å². The van der Waals surface area contributed by atoms with Crippen molar-refractivity contribution in [2.24, 2.45) is 0 Å². The van der Waals surface area contributed by atoms with E-state index in [2.05, 4.69) is 114 Å². The van der Waals surface area contributed by atoms with Gasteiger partial charge in [0.1, 0.15) is 22.9 Å². The fourth-order valence-electron chi connectivity index (χ4n) is 5.18. The third-order valence-corrected chi connectivity index (χ3v) is 7.18. The normalized spacial score (nSPS) is 11.9. The first kappa shape index (κ1) is 26.9. The second-order valence-corrected chi connectivity index (χ2v) is 11.3. The van der Waals surface area contributed by atoms with E-state index >= 15 is 0 Å². The van der Waals surface area contributed by atoms with Crippen molar-refractivity contribution in [1.82, 2.24) is 4.57 Å². The summed E-state index contributed by atoms with van der Waals surface area (Å²) in [5, 5.41) is 0. The van der Waals surface area contributed by atoms with Crippen LogP contribution in [-0.2, 0) is 11.2 Å². The lowest BCUT2D eigenvalue weighted by Crippen LogP contribution is -2.36. The Morgan fingerprint density at radius 3 is 1.60 bits per heavy atom. The molecule has 0 spiro atoms. The van der Waals surface area contributed by atoms with E-state index in [1.165, 1.54) is 45.0 Å². The zero-order valence-corrected chi connectivity index (χ0v) is 23.6. The van der Waals surface area contributed by atoms with Crippen molar-refractivity contribution in [1.29, 1.82) is 0 Å². The molecule has 2 aromatic carbocycles. The standard InChI is InChI=1S/C32H45N2O/c1-20(2)26-13-11-14-27(21(3)4)31(26)33-19-34(30(25(33)10)18-17-24(9)35)32-28(22(5)6)15-12-16-29(32)23(7)8/h11-16,19-23H,17-18H2,1-10H3/q+1. The van der Waals surface area contributed by atoms with E-state index in [9.17, 15) is 4.79 Å². The molecule has 1 aromatic heterocycles. The van der Waals surface area contributed by atoms with Gasteiger partial charge in [0, 0.05) is 42.0 Å². The van der Waals surface area contributed by atoms with Crippen molar-refractivity contribution in [3.05, 3.63) is 76.4 Å². The van der Waals surface area contributed by atoms with Crippen molar-refractivity contribution < 1.29 is 9.36 Å². The Morgan fingerprint density at radius 1 is 0.771 bits per heavy atom. The van der Waals surface area contributed by atoms with Crippen LogP contribution >= 0.6 is 0 Å². The second kappa shape index (κ2) is 10.9. The first-order valence-corrected chi connectivity index (χ1v) is 13.3. The Hall–Kier alpha value is -2.68. The Balaban J connectivity index is 2.44. The van der Waals surface area contributed by atoms with Crippen LogP contribution in [0.3, 0.4) is 0 Å². The number of ketones is 1. The van der Waals surface area contributed by atoms with E-state index in [-0.39, 0.29) is 5.78 Å². The van der Waals surface area contributed by atoms with Gasteiger partial charge in [-0.3, -0.25) is 0 Å². The summed E-state index contributed by atoms with van der Waals surface area (Å²) in [5.74, 6) is 1.85. The van der Waals surface area contributed by atoms with Gasteiger partial charge in [-0.1, -0.05) is 91.8 Å². The maximum Gasteiger partial charge on any atom is 0.254 e. The number of nitrogens with zero attached hydrogens (tertiary/aromatic N) is 2. The van der Waals surface area contributed by atoms with Gasteiger partial charge in [-0.05, 0) is 30.6 Å². The highest BCUT2D eigenvalue weighted by Crippen LogP contribution is 2.34. The van der Waals surface area contributed by atoms with Gasteiger partial charge in [-0.15, -0.1) is 0 Å². The summed E-state index contributed by atoms with van der Waals surface area (Å²) in [4.78, 5) is 12.1. The highest BCUT2D eigenvalue weighted by atomic mass is 16.1. The first-order valence-electron chi connectivity index (χ1n) is 13.3. The average Bonchev–Trinajstić information content (AvgIpc) is 3.11. The fourth-order valence-corrected chi connectivity index (χ4v) is 5.18. The van der Waals surface area contributed by atoms with Crippen LogP contribution in [-0.4, -0.2) is 10.4 Å². The number of carbonyl (C=O) groups excluding carboxylic acids is 1. The molecule has 0 aliphatic carbocycles. The molecule has 0 aliphatic heterocycles. The minimum absolute atomic E-state index is 0.232. The second-order valence-electron chi connectivity index (χ2n) is 11.3. The lowest BCUT2D eigenvalue weighted by atomic mass is 9.92. The van der Waals surface area contributed by atoms with Crippen molar-refractivity contribution in [3.63, 3.8) is 0 Å². The van der Waals surface area contributed by atoms with Crippen LogP contribution in [0.25, 0.3) is 11.4 Å². The van der Waals surface area contributed by atoms with E-state index in [1.807, 2.05) is 0 Å². The van der Waals surface area contributed by atoms with Gasteiger partial charge in [0.25, 0.3) is 6.33 Å². The van der Waals surface area contributed by atoms with E-state index in [0.29, 0.717) is 30.1 Å². The summed E-state index contributed by atoms with van der Waals surface area (Å²) < 4.78 is 4.81. The van der Waals surface area contributed by atoms with E-state index in [4.69, 9.17) is 0 Å². The van der Waals surface area contributed by atoms with Crippen LogP contribution < -0.4 is 4.57 Å². The zero-order valence-electron chi connectivity index (χ0n) is 23.6. The average molecular weight is 474 g/mol. The summed E-state index contributed by atoms with van der Waals surface area (Å²) >= 11 is 0. The number of Topliss-reactive ketones (excluding diaryl/α,β-unsaturated/α-hetero) is 1. The largest absolute Gasteiger partial charge is 0.300 e. The predicted octanol–water partition coefficient (Wildman–Crippen LogP) is 8.08. The van der Waals surface area contributed by atoms with E-state index in [1.54, 1.807) is 6.92 Å². The molecule has 0 saturated carbocycles. The summed E-state index contributed by atoms with van der Waals surface area (Å²) in [5.41, 5.74) is 10.4. The quantitative estimate of drug-likeness (QED) is 0.288. The molecule has 3 heteroatoms. The van der Waals surface area contributed by atoms with Crippen LogP contribution in [0.1, 0.15) is 126 Å². The zero-order chi connectivity index (χ0) is 26.0. The third kappa shape index (κ3) is 5.44. The number of hydrogen-bond acceptors (Lipinski definition) is 1. The third-order valence-electron chi connectivity index (χ3n) is 7.18. The Kier molecular flexibility index (Phi) is 8.41. The highest BCUT2D eigenvalue weighted by molar-refractivity contribution is 5.75. The number of aromatic nitrogens is 2. The number of rotatable bonds is 9. The molecular weight excluding hydrogens is 428 g/mol. The Bertz CT molecular complexity index is 1140. The maximum atomic E-state index is 12.1. The lowest BCUT2D eigenvalue weighted by Gasteiger charge is -2.18. The summed E-state index contributed by atoms with van der Waals surface area (Å²) in [7, 11) is 0. The van der Waals surface area contributed by atoms with Crippen LogP contribution in [0.4, 0.5) is 0 Å². The lowest BCUT2D eigenvalue weighted by molar-refractivity contribution is -0.604. The number of hydrogen-bond donors (Lipinski definition) is 0. The molecule has 35 heavy (non-hydrogen) atoms. The molecule has 0 amide bonds. The number of imidazole rings is 1. The van der Waals surface area contributed by atoms with E-state index in [0.717, 1.165) is 6.42 Å². The SMILES string of the molecule is CC(=O)CCc1c(C)n(-c2c(C(C)C)cccc2C(C)C)c[n+]1-c1c(C(C)C)cccc1C(C)C. The van der Waals surface area contributed by atoms with Gasteiger partial charge in [-0.2, -0.15) is 9.13 Å². The molecule has 3 rings (SSSR count). The van der Waals surface area contributed by atoms with Crippen molar-refractivity contribution in [2.75, 3.05) is 0 Å². The molecule has 0 unspecified atom stereocenters. The van der Waals surface area contributed by atoms with Gasteiger partial charge in [0.2, 0.25) is 0 Å². The molecule has 3 aromatic rings. The van der Waals surface area contributed by atoms with Gasteiger partial charge in [0.15, 0.2) is 5.69 Å². The molecule has 0 N–H and O–H groups in total. The van der Waals surface area contributed by atoms with Crippen LogP contribution in [0.5, 0.6) is 0 Å². The van der Waals surface area contributed by atoms with Gasteiger partial charge in [0.05, 0.1) is 0 Å². The minimum atomic E-state index is 0.232. The van der Waals surface area contributed by atoms with Crippen LogP contribution in [0, 0.1) is 6.92 Å². The fraction of sp³-hybridized carbons (Fsp3) is 0.500. The van der Waals surface area contributed by atoms with E-state index < -0.39 is 0 Å².